The van der Waals surface area contributed by atoms with Gasteiger partial charge in [0.25, 0.3) is 0 Å². The molecule has 11 heteroatoms. The zero-order valence-electron chi connectivity index (χ0n) is 22.9. The maximum Gasteiger partial charge on any atom is 0.304 e. The van der Waals surface area contributed by atoms with E-state index in [0.29, 0.717) is 34.9 Å². The van der Waals surface area contributed by atoms with Crippen LogP contribution in [0, 0.1) is 6.92 Å². The number of carbonyl (C=O) groups is 1. The number of aryl methyl sites for hydroxylation is 2. The van der Waals surface area contributed by atoms with Gasteiger partial charge in [-0.05, 0) is 59.9 Å². The molecule has 2 unspecified atom stereocenters. The van der Waals surface area contributed by atoms with E-state index < -0.39 is 22.7 Å². The first-order valence-electron chi connectivity index (χ1n) is 13.1. The number of fused-ring (bicyclic) bond motifs is 2. The maximum atomic E-state index is 12.0. The zero-order valence-corrected chi connectivity index (χ0v) is 23.8. The summed E-state index contributed by atoms with van der Waals surface area (Å²) in [6, 6.07) is 16.6. The summed E-state index contributed by atoms with van der Waals surface area (Å²) in [5.74, 6) is -0.386. The Morgan fingerprint density at radius 2 is 1.95 bits per heavy atom. The number of ether oxygens (including phenoxy) is 2. The van der Waals surface area contributed by atoms with Gasteiger partial charge in [-0.3, -0.25) is 13.9 Å². The fraction of sp³-hybridized carbons (Fsp3) is 0.345. The average Bonchev–Trinajstić information content (AvgIpc) is 3.27. The Morgan fingerprint density at radius 1 is 1.18 bits per heavy atom. The van der Waals surface area contributed by atoms with Gasteiger partial charge in [0, 0.05) is 19.5 Å². The first-order valence-corrected chi connectivity index (χ1v) is 14.6. The van der Waals surface area contributed by atoms with E-state index in [1.807, 2.05) is 50.2 Å². The molecule has 0 bridgehead atoms. The summed E-state index contributed by atoms with van der Waals surface area (Å²) in [6.45, 7) is 4.55. The molecule has 1 aromatic heterocycles. The van der Waals surface area contributed by atoms with Crippen LogP contribution in [-0.4, -0.2) is 59.2 Å². The van der Waals surface area contributed by atoms with Crippen molar-refractivity contribution >= 4 is 27.8 Å². The van der Waals surface area contributed by atoms with Gasteiger partial charge >= 0.3 is 5.97 Å². The summed E-state index contributed by atoms with van der Waals surface area (Å²) in [4.78, 5) is 12.4. The molecule has 212 valence electrons. The van der Waals surface area contributed by atoms with Crippen LogP contribution in [0.3, 0.4) is 0 Å². The van der Waals surface area contributed by atoms with Gasteiger partial charge in [-0.1, -0.05) is 42.5 Å². The van der Waals surface area contributed by atoms with Crippen molar-refractivity contribution in [3.05, 3.63) is 76.9 Å². The molecule has 0 saturated heterocycles. The lowest BCUT2D eigenvalue weighted by atomic mass is 9.86. The summed E-state index contributed by atoms with van der Waals surface area (Å²) >= 11 is 0. The van der Waals surface area contributed by atoms with Crippen LogP contribution in [0.4, 0.5) is 0 Å². The van der Waals surface area contributed by atoms with Crippen molar-refractivity contribution in [1.29, 1.82) is 0 Å². The van der Waals surface area contributed by atoms with Gasteiger partial charge in [0.05, 0.1) is 20.1 Å². The van der Waals surface area contributed by atoms with E-state index in [4.69, 9.17) is 9.47 Å². The second kappa shape index (κ2) is 11.1. The number of rotatable bonds is 8. The predicted molar refractivity (Wildman–Crippen MR) is 153 cm³/mol. The van der Waals surface area contributed by atoms with Crippen molar-refractivity contribution in [1.82, 2.24) is 19.3 Å². The van der Waals surface area contributed by atoms with Crippen molar-refractivity contribution in [3.8, 4) is 11.5 Å². The Bertz CT molecular complexity index is 1560. The highest BCUT2D eigenvalue weighted by molar-refractivity contribution is 8.22. The lowest BCUT2D eigenvalue weighted by Gasteiger charge is -2.42. The third kappa shape index (κ3) is 5.25. The highest BCUT2D eigenvalue weighted by Crippen LogP contribution is 2.57. The van der Waals surface area contributed by atoms with Gasteiger partial charge < -0.3 is 14.6 Å². The molecule has 2 atom stereocenters. The van der Waals surface area contributed by atoms with Crippen LogP contribution in [0.25, 0.3) is 11.0 Å². The van der Waals surface area contributed by atoms with Crippen molar-refractivity contribution in [2.45, 2.75) is 50.2 Å². The van der Waals surface area contributed by atoms with Crippen LogP contribution in [0.1, 0.15) is 47.9 Å². The van der Waals surface area contributed by atoms with Gasteiger partial charge in [0.2, 0.25) is 0 Å². The molecule has 0 aliphatic carbocycles. The topological polar surface area (TPSA) is 130 Å². The average molecular weight is 567 g/mol. The molecule has 3 aromatic carbocycles. The Morgan fingerprint density at radius 3 is 2.67 bits per heavy atom. The van der Waals surface area contributed by atoms with Crippen LogP contribution in [-0.2, 0) is 18.4 Å². The first-order chi connectivity index (χ1) is 19.1. The lowest BCUT2D eigenvalue weighted by molar-refractivity contribution is -0.137. The number of carboxylic acids is 1. The molecule has 10 nitrogen and oxygen atoms in total. The number of aromatic nitrogens is 3. The summed E-state index contributed by atoms with van der Waals surface area (Å²) in [7, 11) is 0.00585. The standard InChI is InChI=1S/C29H34N4O6S/c1-5-22-17-33(40(36,37)27-9-7-6-8-25(27)39-22)16-21-12-19(11-10-18(21)2)23(15-28(34)35)20-13-24-29(26(14-20)38-4)32(3)31-30-24/h6-14,22-23,36-37H,5,15-17H2,1-4H3,(H,34,35). The normalized spacial score (nSPS) is 18.4. The Hall–Kier alpha value is -3.64. The van der Waals surface area contributed by atoms with E-state index in [1.165, 1.54) is 0 Å². The van der Waals surface area contributed by atoms with Crippen LogP contribution < -0.4 is 9.47 Å². The molecule has 0 spiro atoms. The largest absolute Gasteiger partial charge is 0.494 e. The minimum absolute atomic E-state index is 0.143. The van der Waals surface area contributed by atoms with E-state index in [0.717, 1.165) is 27.8 Å². The second-order valence-electron chi connectivity index (χ2n) is 10.1. The van der Waals surface area contributed by atoms with Crippen molar-refractivity contribution in [2.24, 2.45) is 7.05 Å². The first kappa shape index (κ1) is 27.9. The lowest BCUT2D eigenvalue weighted by Crippen LogP contribution is -2.34. The summed E-state index contributed by atoms with van der Waals surface area (Å²) in [5, 5.41) is 18.1. The molecule has 3 N–H and O–H groups in total. The molecule has 4 aromatic rings. The van der Waals surface area contributed by atoms with E-state index in [1.54, 1.807) is 41.3 Å². The fourth-order valence-electron chi connectivity index (χ4n) is 5.23. The Labute approximate surface area is 234 Å². The highest BCUT2D eigenvalue weighted by Gasteiger charge is 2.35. The SMILES string of the molecule is CCC1CN(Cc2cc(C(CC(=O)O)c3cc(OC)c4c(c3)nnn4C)ccc2C)S(O)(O)c2ccccc2O1. The number of benzene rings is 3. The molecule has 0 radical (unpaired) electrons. The molecule has 1 aliphatic rings. The maximum absolute atomic E-state index is 12.0. The quantitative estimate of drug-likeness (QED) is 0.250. The van der Waals surface area contributed by atoms with E-state index in [2.05, 4.69) is 10.3 Å². The summed E-state index contributed by atoms with van der Waals surface area (Å²) in [5.41, 5.74) is 4.71. The molecule has 0 fully saturated rings. The minimum atomic E-state index is -3.33. The van der Waals surface area contributed by atoms with Gasteiger partial charge in [-0.2, -0.15) is 4.31 Å². The summed E-state index contributed by atoms with van der Waals surface area (Å²) in [6.07, 6.45) is 0.339. The molecular formula is C29H34N4O6S. The monoisotopic (exact) mass is 566 g/mol. The van der Waals surface area contributed by atoms with Gasteiger partial charge in [0.1, 0.15) is 33.5 Å². The van der Waals surface area contributed by atoms with E-state index >= 15 is 0 Å². The third-order valence-corrected chi connectivity index (χ3v) is 9.40. The number of hydrogen-bond donors (Lipinski definition) is 3. The van der Waals surface area contributed by atoms with Crippen LogP contribution in [0.2, 0.25) is 0 Å². The molecule has 2 heterocycles. The number of nitrogens with zero attached hydrogens (tertiary/aromatic N) is 4. The minimum Gasteiger partial charge on any atom is -0.494 e. The molecule has 40 heavy (non-hydrogen) atoms. The molecule has 1 aliphatic heterocycles. The van der Waals surface area contributed by atoms with Crippen molar-refractivity contribution < 1.29 is 28.5 Å². The van der Waals surface area contributed by atoms with Crippen molar-refractivity contribution in [2.75, 3.05) is 13.7 Å². The number of hydrogen-bond acceptors (Lipinski definition) is 8. The Balaban J connectivity index is 1.55. The third-order valence-electron chi connectivity index (χ3n) is 7.47. The molecule has 5 rings (SSSR count). The molecule has 0 amide bonds. The van der Waals surface area contributed by atoms with E-state index in [9.17, 15) is 19.0 Å². The number of carboxylic acid groups (broad SMARTS) is 1. The van der Waals surface area contributed by atoms with Crippen LogP contribution >= 0.6 is 10.8 Å². The van der Waals surface area contributed by atoms with Crippen LogP contribution in [0.5, 0.6) is 11.5 Å². The molecule has 0 saturated carbocycles. The van der Waals surface area contributed by atoms with E-state index in [-0.39, 0.29) is 19.1 Å². The second-order valence-corrected chi connectivity index (χ2v) is 12.1. The summed E-state index contributed by atoms with van der Waals surface area (Å²) < 4.78 is 37.9. The fourth-order valence-corrected chi connectivity index (χ4v) is 6.85. The zero-order chi connectivity index (χ0) is 28.6. The van der Waals surface area contributed by atoms with Gasteiger partial charge in [-0.15, -0.1) is 15.9 Å². The number of methoxy groups -OCH3 is 1. The number of aliphatic carboxylic acids is 1. The smallest absolute Gasteiger partial charge is 0.304 e. The number of para-hydroxylation sites is 1. The molecular weight excluding hydrogens is 532 g/mol. The van der Waals surface area contributed by atoms with Crippen LogP contribution in [0.15, 0.2) is 59.5 Å². The van der Waals surface area contributed by atoms with Crippen molar-refractivity contribution in [3.63, 3.8) is 0 Å². The Kier molecular flexibility index (Phi) is 7.74. The van der Waals surface area contributed by atoms with Gasteiger partial charge in [0.15, 0.2) is 0 Å². The highest BCUT2D eigenvalue weighted by atomic mass is 32.3. The van der Waals surface area contributed by atoms with Gasteiger partial charge in [-0.25, -0.2) is 4.68 Å². The predicted octanol–water partition coefficient (Wildman–Crippen LogP) is 5.59.